The highest BCUT2D eigenvalue weighted by molar-refractivity contribution is 7.88. The molecular formula is C29H40ClFN2O4S. The smallest absolute Gasteiger partial charge is 0.211 e. The molecule has 1 heterocycles. The van der Waals surface area contributed by atoms with E-state index in [1.54, 1.807) is 6.07 Å². The Morgan fingerprint density at radius 1 is 1.24 bits per heavy atom. The molecule has 0 amide bonds. The number of hydrogen-bond donors (Lipinski definition) is 0. The van der Waals surface area contributed by atoms with Gasteiger partial charge < -0.3 is 9.64 Å². The number of methoxy groups -OCH3 is 1. The van der Waals surface area contributed by atoms with Crippen LogP contribution in [0.4, 0.5) is 4.39 Å². The van der Waals surface area contributed by atoms with Crippen LogP contribution in [0.5, 0.6) is 5.75 Å². The first-order valence-electron chi connectivity index (χ1n) is 13.1. The number of carbonyl (C=O) groups is 1. The van der Waals surface area contributed by atoms with Crippen molar-refractivity contribution in [2.24, 2.45) is 5.92 Å². The Hall–Kier alpha value is -2.00. The summed E-state index contributed by atoms with van der Waals surface area (Å²) in [6.07, 6.45) is 2.88. The number of ether oxygens (including phenoxy) is 1. The second-order valence-corrected chi connectivity index (χ2v) is 13.1. The summed E-state index contributed by atoms with van der Waals surface area (Å²) in [5, 5.41) is 0.648. The molecule has 1 aliphatic heterocycles. The summed E-state index contributed by atoms with van der Waals surface area (Å²) in [4.78, 5) is 16.5. The molecule has 38 heavy (non-hydrogen) atoms. The number of benzene rings is 2. The number of carbonyl (C=O) groups excluding carboxylic acids is 1. The molecule has 0 N–H and O–H groups in total. The zero-order valence-corrected chi connectivity index (χ0v) is 24.8. The molecule has 0 spiro atoms. The lowest BCUT2D eigenvalue weighted by atomic mass is 9.70. The number of halogens is 2. The van der Waals surface area contributed by atoms with Crippen molar-refractivity contribution in [2.45, 2.75) is 58.4 Å². The molecule has 0 aromatic heterocycles. The summed E-state index contributed by atoms with van der Waals surface area (Å²) in [6.45, 7) is 10.1. The van der Waals surface area contributed by atoms with Gasteiger partial charge in [-0.3, -0.25) is 4.79 Å². The third kappa shape index (κ3) is 6.95. The summed E-state index contributed by atoms with van der Waals surface area (Å²) in [7, 11) is -1.83. The average Bonchev–Trinajstić information content (AvgIpc) is 2.86. The topological polar surface area (TPSA) is 66.9 Å². The van der Waals surface area contributed by atoms with Gasteiger partial charge in [0.05, 0.1) is 18.8 Å². The summed E-state index contributed by atoms with van der Waals surface area (Å²) < 4.78 is 45.1. The fraction of sp³-hybridized carbons (Fsp3) is 0.552. The third-order valence-corrected chi connectivity index (χ3v) is 9.72. The predicted octanol–water partition coefficient (Wildman–Crippen LogP) is 5.25. The van der Waals surface area contributed by atoms with Crippen LogP contribution in [-0.2, 0) is 26.7 Å². The minimum atomic E-state index is -3.25. The molecule has 0 bridgehead atoms. The fourth-order valence-corrected chi connectivity index (χ4v) is 6.74. The van der Waals surface area contributed by atoms with Crippen molar-refractivity contribution in [2.75, 3.05) is 39.5 Å². The minimum Gasteiger partial charge on any atom is -0.494 e. The molecule has 2 aromatic carbocycles. The summed E-state index contributed by atoms with van der Waals surface area (Å²) in [6, 6.07) is 10.5. The highest BCUT2D eigenvalue weighted by Gasteiger charge is 2.40. The van der Waals surface area contributed by atoms with Crippen LogP contribution in [0.1, 0.15) is 50.3 Å². The Morgan fingerprint density at radius 3 is 2.50 bits per heavy atom. The molecular weight excluding hydrogens is 527 g/mol. The maximum atomic E-state index is 14.4. The minimum absolute atomic E-state index is 0.112. The first-order chi connectivity index (χ1) is 17.8. The molecule has 0 radical (unpaired) electrons. The number of nitrogens with zero attached hydrogens (tertiary/aromatic N) is 2. The fourth-order valence-electron chi connectivity index (χ4n) is 5.49. The molecule has 1 fully saturated rings. The van der Waals surface area contributed by atoms with E-state index in [1.165, 1.54) is 23.7 Å². The summed E-state index contributed by atoms with van der Waals surface area (Å²) >= 11 is 6.32. The van der Waals surface area contributed by atoms with E-state index in [1.807, 2.05) is 52.0 Å². The molecule has 0 aliphatic carbocycles. The first kappa shape index (κ1) is 30.5. The Kier molecular flexibility index (Phi) is 10.0. The van der Waals surface area contributed by atoms with E-state index in [4.69, 9.17) is 16.3 Å². The second-order valence-electron chi connectivity index (χ2n) is 10.7. The second kappa shape index (κ2) is 12.5. The summed E-state index contributed by atoms with van der Waals surface area (Å²) in [5.41, 5.74) is 1.78. The van der Waals surface area contributed by atoms with Gasteiger partial charge in [-0.1, -0.05) is 36.7 Å². The SMILES string of the molecule is CCC(Cc1ccc(OC)c(F)c1)C(=O)C(C)(CCN1CCN(S(C)(=O)=O)[C@@H](C)C1)c1ccc(Cl)c(C)c1. The molecule has 1 saturated heterocycles. The number of sulfonamides is 1. The molecule has 9 heteroatoms. The van der Waals surface area contributed by atoms with Crippen molar-refractivity contribution in [3.8, 4) is 5.75 Å². The van der Waals surface area contributed by atoms with Crippen LogP contribution in [0.3, 0.4) is 0 Å². The third-order valence-electron chi connectivity index (χ3n) is 7.91. The maximum Gasteiger partial charge on any atom is 0.211 e. The Bertz CT molecular complexity index is 1260. The molecule has 3 rings (SSSR count). The molecule has 2 aromatic rings. The zero-order chi connectivity index (χ0) is 28.3. The zero-order valence-electron chi connectivity index (χ0n) is 23.3. The van der Waals surface area contributed by atoms with Crippen LogP contribution in [0.15, 0.2) is 36.4 Å². The van der Waals surface area contributed by atoms with Gasteiger partial charge >= 0.3 is 0 Å². The molecule has 210 valence electrons. The van der Waals surface area contributed by atoms with Gasteiger partial charge in [-0.15, -0.1) is 0 Å². The van der Waals surface area contributed by atoms with E-state index in [-0.39, 0.29) is 23.5 Å². The van der Waals surface area contributed by atoms with Crippen molar-refractivity contribution in [1.29, 1.82) is 0 Å². The Morgan fingerprint density at radius 2 is 1.95 bits per heavy atom. The lowest BCUT2D eigenvalue weighted by Gasteiger charge is -2.40. The lowest BCUT2D eigenvalue weighted by molar-refractivity contribution is -0.128. The number of aryl methyl sites for hydroxylation is 1. The van der Waals surface area contributed by atoms with Crippen molar-refractivity contribution in [3.05, 3.63) is 63.9 Å². The maximum absolute atomic E-state index is 14.4. The average molecular weight is 567 g/mol. The molecule has 1 aliphatic rings. The molecule has 3 atom stereocenters. The van der Waals surface area contributed by atoms with Crippen LogP contribution in [0.2, 0.25) is 5.02 Å². The number of hydrogen-bond acceptors (Lipinski definition) is 5. The lowest BCUT2D eigenvalue weighted by Crippen LogP contribution is -2.54. The van der Waals surface area contributed by atoms with Crippen molar-refractivity contribution < 1.29 is 22.3 Å². The molecule has 2 unspecified atom stereocenters. The van der Waals surface area contributed by atoms with Gasteiger partial charge in [0.25, 0.3) is 0 Å². The van der Waals surface area contributed by atoms with E-state index < -0.39 is 21.3 Å². The largest absolute Gasteiger partial charge is 0.494 e. The molecule has 0 saturated carbocycles. The van der Waals surface area contributed by atoms with Crippen molar-refractivity contribution in [3.63, 3.8) is 0 Å². The van der Waals surface area contributed by atoms with Crippen LogP contribution in [-0.4, -0.2) is 69.0 Å². The van der Waals surface area contributed by atoms with Crippen molar-refractivity contribution in [1.82, 2.24) is 9.21 Å². The number of rotatable bonds is 11. The van der Waals surface area contributed by atoms with E-state index >= 15 is 0 Å². The number of ketones is 1. The van der Waals surface area contributed by atoms with Gasteiger partial charge in [-0.05, 0) is 81.5 Å². The van der Waals surface area contributed by atoms with E-state index in [0.29, 0.717) is 50.5 Å². The monoisotopic (exact) mass is 566 g/mol. The normalized spacial score (nSPS) is 19.6. The van der Waals surface area contributed by atoms with E-state index in [9.17, 15) is 17.6 Å². The van der Waals surface area contributed by atoms with E-state index in [2.05, 4.69) is 4.90 Å². The Balaban J connectivity index is 1.86. The standard InChI is InChI=1S/C29H40ClFN2O4S/c1-7-23(17-22-8-11-27(37-5)26(31)18-22)28(34)29(4,24-9-10-25(30)20(2)16-24)12-13-32-14-15-33(21(3)19-32)38(6,35)36/h8-11,16,18,21,23H,7,12-15,17,19H2,1-6H3/t21-,23?,29?/m0/s1. The van der Waals surface area contributed by atoms with Gasteiger partial charge in [0, 0.05) is 36.6 Å². The van der Waals surface area contributed by atoms with E-state index in [0.717, 1.165) is 16.7 Å². The quantitative estimate of drug-likeness (QED) is 0.372. The van der Waals surface area contributed by atoms with Gasteiger partial charge in [-0.25, -0.2) is 12.8 Å². The van der Waals surface area contributed by atoms with Gasteiger partial charge in [0.2, 0.25) is 10.0 Å². The van der Waals surface area contributed by atoms with Gasteiger partial charge in [-0.2, -0.15) is 4.31 Å². The van der Waals surface area contributed by atoms with Gasteiger partial charge in [0.15, 0.2) is 11.6 Å². The van der Waals surface area contributed by atoms with Crippen LogP contribution in [0, 0.1) is 18.7 Å². The van der Waals surface area contributed by atoms with Crippen LogP contribution in [0.25, 0.3) is 0 Å². The molecule has 6 nitrogen and oxygen atoms in total. The Labute approximate surface area is 232 Å². The first-order valence-corrected chi connectivity index (χ1v) is 15.3. The highest BCUT2D eigenvalue weighted by Crippen LogP contribution is 2.36. The number of Topliss-reactive ketones (excluding diaryl/α,β-unsaturated/α-hetero) is 1. The van der Waals surface area contributed by atoms with Gasteiger partial charge in [0.1, 0.15) is 5.78 Å². The highest BCUT2D eigenvalue weighted by atomic mass is 35.5. The predicted molar refractivity (Wildman–Crippen MR) is 151 cm³/mol. The number of piperazine rings is 1. The van der Waals surface area contributed by atoms with Crippen LogP contribution < -0.4 is 4.74 Å². The summed E-state index contributed by atoms with van der Waals surface area (Å²) in [5.74, 6) is -0.448. The van der Waals surface area contributed by atoms with Crippen LogP contribution >= 0.6 is 11.6 Å². The van der Waals surface area contributed by atoms with Crippen molar-refractivity contribution >= 4 is 27.4 Å².